The van der Waals surface area contributed by atoms with E-state index in [9.17, 15) is 0 Å². The summed E-state index contributed by atoms with van der Waals surface area (Å²) in [7, 11) is 0. The summed E-state index contributed by atoms with van der Waals surface area (Å²) in [6, 6.07) is 0. The van der Waals surface area contributed by atoms with Gasteiger partial charge in [0.1, 0.15) is 0 Å². The number of rotatable bonds is 2. The zero-order valence-electron chi connectivity index (χ0n) is 8.30. The minimum absolute atomic E-state index is 0.285. The molecule has 2 unspecified atom stereocenters. The van der Waals surface area contributed by atoms with Crippen molar-refractivity contribution >= 4 is 0 Å². The third kappa shape index (κ3) is 1.40. The van der Waals surface area contributed by atoms with Gasteiger partial charge in [-0.3, -0.25) is 0 Å². The second-order valence-corrected chi connectivity index (χ2v) is 3.85. The molecule has 1 rings (SSSR count). The maximum Gasteiger partial charge on any atom is 0.0120 e. The lowest BCUT2D eigenvalue weighted by Gasteiger charge is -2.36. The topological polar surface area (TPSA) is 26.0 Å². The summed E-state index contributed by atoms with van der Waals surface area (Å²) < 4.78 is 0. The fourth-order valence-electron chi connectivity index (χ4n) is 2.06. The molecule has 1 nitrogen and oxygen atoms in total. The number of hydrogen-bond donors (Lipinski definition) is 1. The molecule has 0 heterocycles. The van der Waals surface area contributed by atoms with Crippen molar-refractivity contribution in [3.63, 3.8) is 0 Å². The van der Waals surface area contributed by atoms with E-state index in [2.05, 4.69) is 32.9 Å². The molecule has 68 valence electrons. The first-order valence-corrected chi connectivity index (χ1v) is 4.79. The summed E-state index contributed by atoms with van der Waals surface area (Å²) in [6.07, 6.45) is 8.71. The molecule has 1 heteroatoms. The van der Waals surface area contributed by atoms with E-state index in [1.165, 1.54) is 0 Å². The minimum Gasteiger partial charge on any atom is -0.402 e. The van der Waals surface area contributed by atoms with Crippen LogP contribution in [0.1, 0.15) is 33.6 Å². The third-order valence-corrected chi connectivity index (χ3v) is 3.13. The molecule has 1 aliphatic rings. The standard InChI is InChI=1S/C11H19N/c1-4-9-10(12)7-6-8-11(9,3)5-2/h6-9H,4-5,12H2,1-3H3. The predicted octanol–water partition coefficient (Wildman–Crippen LogP) is 2.84. The Morgan fingerprint density at radius 3 is 2.58 bits per heavy atom. The molecule has 2 atom stereocenters. The molecular weight excluding hydrogens is 146 g/mol. The molecule has 1 aliphatic carbocycles. The molecule has 0 saturated carbocycles. The summed E-state index contributed by atoms with van der Waals surface area (Å²) in [6.45, 7) is 6.72. The molecule has 0 saturated heterocycles. The van der Waals surface area contributed by atoms with Crippen LogP contribution in [0.2, 0.25) is 0 Å². The molecule has 0 radical (unpaired) electrons. The Labute approximate surface area is 75.3 Å². The third-order valence-electron chi connectivity index (χ3n) is 3.13. The quantitative estimate of drug-likeness (QED) is 0.669. The van der Waals surface area contributed by atoms with E-state index in [1.54, 1.807) is 0 Å². The van der Waals surface area contributed by atoms with E-state index in [-0.39, 0.29) is 5.41 Å². The molecule has 12 heavy (non-hydrogen) atoms. The highest BCUT2D eigenvalue weighted by atomic mass is 14.6. The largest absolute Gasteiger partial charge is 0.402 e. The summed E-state index contributed by atoms with van der Waals surface area (Å²) >= 11 is 0. The summed E-state index contributed by atoms with van der Waals surface area (Å²) in [4.78, 5) is 0. The molecule has 0 aliphatic heterocycles. The van der Waals surface area contributed by atoms with Gasteiger partial charge in [-0.1, -0.05) is 32.9 Å². The van der Waals surface area contributed by atoms with Crippen molar-refractivity contribution in [3.8, 4) is 0 Å². The lowest BCUT2D eigenvalue weighted by molar-refractivity contribution is 0.269. The van der Waals surface area contributed by atoms with Gasteiger partial charge in [0.25, 0.3) is 0 Å². The Kier molecular flexibility index (Phi) is 2.61. The van der Waals surface area contributed by atoms with Crippen LogP contribution < -0.4 is 5.73 Å². The lowest BCUT2D eigenvalue weighted by Crippen LogP contribution is -2.30. The van der Waals surface area contributed by atoms with Crippen LogP contribution in [0.15, 0.2) is 23.9 Å². The van der Waals surface area contributed by atoms with E-state index in [1.807, 2.05) is 6.08 Å². The van der Waals surface area contributed by atoms with Crippen molar-refractivity contribution in [2.45, 2.75) is 33.6 Å². The first-order valence-electron chi connectivity index (χ1n) is 4.79. The normalized spacial score (nSPS) is 34.9. The fourth-order valence-corrected chi connectivity index (χ4v) is 2.06. The van der Waals surface area contributed by atoms with Crippen LogP contribution in [-0.4, -0.2) is 0 Å². The van der Waals surface area contributed by atoms with E-state index in [0.29, 0.717) is 5.92 Å². The molecule has 0 amide bonds. The highest BCUT2D eigenvalue weighted by molar-refractivity contribution is 5.24. The van der Waals surface area contributed by atoms with Gasteiger partial charge in [-0.15, -0.1) is 0 Å². The van der Waals surface area contributed by atoms with Crippen LogP contribution >= 0.6 is 0 Å². The van der Waals surface area contributed by atoms with Crippen LogP contribution in [0.25, 0.3) is 0 Å². The molecule has 0 aromatic carbocycles. The molecule has 0 aromatic heterocycles. The lowest BCUT2D eigenvalue weighted by atomic mass is 9.70. The van der Waals surface area contributed by atoms with Crippen molar-refractivity contribution in [2.75, 3.05) is 0 Å². The Hall–Kier alpha value is -0.720. The van der Waals surface area contributed by atoms with Crippen LogP contribution in [0.5, 0.6) is 0 Å². The predicted molar refractivity (Wildman–Crippen MR) is 53.6 cm³/mol. The van der Waals surface area contributed by atoms with Crippen molar-refractivity contribution in [3.05, 3.63) is 23.9 Å². The SMILES string of the molecule is CCC1C(N)=CC=CC1(C)CC. The van der Waals surface area contributed by atoms with Gasteiger partial charge in [0.2, 0.25) is 0 Å². The molecule has 2 N–H and O–H groups in total. The van der Waals surface area contributed by atoms with Gasteiger partial charge < -0.3 is 5.73 Å². The van der Waals surface area contributed by atoms with Crippen LogP contribution in [0.3, 0.4) is 0 Å². The summed E-state index contributed by atoms with van der Waals surface area (Å²) in [5.41, 5.74) is 7.28. The summed E-state index contributed by atoms with van der Waals surface area (Å²) in [5, 5.41) is 0. The van der Waals surface area contributed by atoms with Gasteiger partial charge in [0, 0.05) is 11.6 Å². The number of hydrogen-bond acceptors (Lipinski definition) is 1. The van der Waals surface area contributed by atoms with E-state index in [0.717, 1.165) is 18.5 Å². The van der Waals surface area contributed by atoms with Gasteiger partial charge >= 0.3 is 0 Å². The zero-order chi connectivity index (χ0) is 9.19. The van der Waals surface area contributed by atoms with Gasteiger partial charge in [-0.05, 0) is 24.3 Å². The van der Waals surface area contributed by atoms with Crippen molar-refractivity contribution in [1.29, 1.82) is 0 Å². The van der Waals surface area contributed by atoms with Gasteiger partial charge in [-0.25, -0.2) is 0 Å². The zero-order valence-corrected chi connectivity index (χ0v) is 8.30. The fraction of sp³-hybridized carbons (Fsp3) is 0.636. The number of nitrogens with two attached hydrogens (primary N) is 1. The Bertz CT molecular complexity index is 215. The molecule has 0 bridgehead atoms. The van der Waals surface area contributed by atoms with Crippen molar-refractivity contribution in [2.24, 2.45) is 17.1 Å². The average molecular weight is 165 g/mol. The minimum atomic E-state index is 0.285. The maximum atomic E-state index is 5.95. The first-order chi connectivity index (χ1) is 5.64. The Morgan fingerprint density at radius 2 is 2.17 bits per heavy atom. The van der Waals surface area contributed by atoms with Gasteiger partial charge in [-0.2, -0.15) is 0 Å². The second kappa shape index (κ2) is 3.34. The molecule has 0 fully saturated rings. The van der Waals surface area contributed by atoms with Gasteiger partial charge in [0.05, 0.1) is 0 Å². The van der Waals surface area contributed by atoms with E-state index in [4.69, 9.17) is 5.73 Å². The van der Waals surface area contributed by atoms with E-state index >= 15 is 0 Å². The Balaban J connectivity index is 2.91. The highest BCUT2D eigenvalue weighted by Gasteiger charge is 2.31. The van der Waals surface area contributed by atoms with E-state index < -0.39 is 0 Å². The Morgan fingerprint density at radius 1 is 1.50 bits per heavy atom. The van der Waals surface area contributed by atoms with Crippen molar-refractivity contribution < 1.29 is 0 Å². The maximum absolute atomic E-state index is 5.95. The molecule has 0 spiro atoms. The highest BCUT2D eigenvalue weighted by Crippen LogP contribution is 2.40. The average Bonchev–Trinajstić information content (AvgIpc) is 2.05. The summed E-state index contributed by atoms with van der Waals surface area (Å²) in [5.74, 6) is 0.535. The van der Waals surface area contributed by atoms with Crippen LogP contribution in [-0.2, 0) is 0 Å². The van der Waals surface area contributed by atoms with Crippen molar-refractivity contribution in [1.82, 2.24) is 0 Å². The molecular formula is C11H19N. The van der Waals surface area contributed by atoms with Gasteiger partial charge in [0.15, 0.2) is 0 Å². The first kappa shape index (κ1) is 9.37. The van der Waals surface area contributed by atoms with Crippen LogP contribution in [0, 0.1) is 11.3 Å². The molecule has 0 aromatic rings. The monoisotopic (exact) mass is 165 g/mol. The second-order valence-electron chi connectivity index (χ2n) is 3.85. The smallest absolute Gasteiger partial charge is 0.0120 e. The number of allylic oxidation sites excluding steroid dienone is 4. The van der Waals surface area contributed by atoms with Crippen LogP contribution in [0.4, 0.5) is 0 Å².